The fourth-order valence-electron chi connectivity index (χ4n) is 5.20. The number of rotatable bonds is 5. The molecule has 1 aromatic carbocycles. The van der Waals surface area contributed by atoms with E-state index in [1.165, 1.54) is 0 Å². The number of carbonyl (C=O) groups excluding carboxylic acids is 2. The molecule has 2 N–H and O–H groups in total. The van der Waals surface area contributed by atoms with E-state index in [0.717, 1.165) is 48.3 Å². The maximum absolute atomic E-state index is 12.9. The lowest BCUT2D eigenvalue weighted by atomic mass is 10.0. The second-order valence-corrected chi connectivity index (χ2v) is 9.84. The minimum atomic E-state index is -0.280. The van der Waals surface area contributed by atoms with Crippen LogP contribution in [0.25, 0.3) is 22.4 Å². The molecule has 4 aromatic rings. The molecule has 40 heavy (non-hydrogen) atoms. The number of ether oxygens (including phenoxy) is 1. The van der Waals surface area contributed by atoms with Gasteiger partial charge in [-0.05, 0) is 49.2 Å². The van der Waals surface area contributed by atoms with E-state index in [2.05, 4.69) is 20.5 Å². The van der Waals surface area contributed by atoms with Crippen LogP contribution in [0.15, 0.2) is 55.0 Å². The highest BCUT2D eigenvalue weighted by Gasteiger charge is 2.28. The normalized spacial score (nSPS) is 16.2. The van der Waals surface area contributed by atoms with Crippen LogP contribution in [0.4, 0.5) is 16.3 Å². The first-order valence-electron chi connectivity index (χ1n) is 13.5. The van der Waals surface area contributed by atoms with Gasteiger partial charge in [-0.1, -0.05) is 0 Å². The quantitative estimate of drug-likeness (QED) is 0.394. The summed E-state index contributed by atoms with van der Waals surface area (Å²) in [6.07, 6.45) is 6.68. The van der Waals surface area contributed by atoms with Gasteiger partial charge in [0.1, 0.15) is 5.82 Å². The number of morpholine rings is 1. The molecule has 2 fully saturated rings. The lowest BCUT2D eigenvalue weighted by Crippen LogP contribution is -2.39. The third-order valence-corrected chi connectivity index (χ3v) is 7.38. The Morgan fingerprint density at radius 2 is 1.75 bits per heavy atom. The summed E-state index contributed by atoms with van der Waals surface area (Å²) in [6.45, 7) is 4.01. The van der Waals surface area contributed by atoms with E-state index in [0.29, 0.717) is 43.4 Å². The molecule has 0 saturated carbocycles. The number of pyridine rings is 1. The molecule has 3 aromatic heterocycles. The van der Waals surface area contributed by atoms with E-state index in [4.69, 9.17) is 19.8 Å². The number of piperidine rings is 1. The van der Waals surface area contributed by atoms with Crippen molar-refractivity contribution in [3.05, 3.63) is 60.6 Å². The fourth-order valence-corrected chi connectivity index (χ4v) is 5.20. The number of anilines is 2. The number of benzene rings is 1. The van der Waals surface area contributed by atoms with Gasteiger partial charge in [0, 0.05) is 56.9 Å². The first kappa shape index (κ1) is 25.7. The molecule has 2 aliphatic heterocycles. The van der Waals surface area contributed by atoms with Crippen molar-refractivity contribution >= 4 is 34.5 Å². The van der Waals surface area contributed by atoms with Crippen LogP contribution in [0, 0.1) is 0 Å². The Kier molecular flexibility index (Phi) is 7.23. The highest BCUT2D eigenvalue weighted by molar-refractivity contribution is 5.94. The van der Waals surface area contributed by atoms with E-state index < -0.39 is 0 Å². The van der Waals surface area contributed by atoms with Crippen LogP contribution in [0.3, 0.4) is 0 Å². The molecule has 0 atom stereocenters. The standard InChI is InChI=1S/C28H31N9O3/c1-29-28(39)32-21-6-4-19(5-7-21)24-33-25(35-13-15-40-16-14-35)23-18-31-37(26(23)34-24)22-8-11-36(12-9-22)27(38)20-3-2-10-30-17-20/h2-7,10,17-18,22H,8-9,11-16H2,1H3,(H2,29,32,39). The van der Waals surface area contributed by atoms with Crippen molar-refractivity contribution in [2.75, 3.05) is 56.7 Å². The molecule has 6 rings (SSSR count). The Morgan fingerprint density at radius 3 is 2.45 bits per heavy atom. The summed E-state index contributed by atoms with van der Waals surface area (Å²) in [5.74, 6) is 1.43. The molecule has 0 radical (unpaired) electrons. The van der Waals surface area contributed by atoms with Crippen molar-refractivity contribution in [2.24, 2.45) is 0 Å². The van der Waals surface area contributed by atoms with Crippen LogP contribution >= 0.6 is 0 Å². The number of carbonyl (C=O) groups is 2. The van der Waals surface area contributed by atoms with Crippen molar-refractivity contribution in [1.29, 1.82) is 0 Å². The Bertz CT molecular complexity index is 1490. The third-order valence-electron chi connectivity index (χ3n) is 7.38. The number of likely N-dealkylation sites (tertiary alicyclic amines) is 1. The second kappa shape index (κ2) is 11.3. The van der Waals surface area contributed by atoms with Gasteiger partial charge in [-0.15, -0.1) is 0 Å². The molecule has 5 heterocycles. The molecule has 2 aliphatic rings. The van der Waals surface area contributed by atoms with Gasteiger partial charge < -0.3 is 25.2 Å². The van der Waals surface area contributed by atoms with Crippen molar-refractivity contribution in [3.8, 4) is 11.4 Å². The van der Waals surface area contributed by atoms with E-state index in [-0.39, 0.29) is 18.0 Å². The van der Waals surface area contributed by atoms with Gasteiger partial charge >= 0.3 is 6.03 Å². The van der Waals surface area contributed by atoms with Gasteiger partial charge in [0.15, 0.2) is 11.5 Å². The number of fused-ring (bicyclic) bond motifs is 1. The van der Waals surface area contributed by atoms with Crippen LogP contribution in [0.2, 0.25) is 0 Å². The molecule has 0 bridgehead atoms. The Labute approximate surface area is 231 Å². The van der Waals surface area contributed by atoms with Crippen molar-refractivity contribution in [1.82, 2.24) is 34.9 Å². The number of hydrogen-bond donors (Lipinski definition) is 2. The van der Waals surface area contributed by atoms with Crippen molar-refractivity contribution in [3.63, 3.8) is 0 Å². The number of urea groups is 1. The molecule has 2 saturated heterocycles. The molecule has 3 amide bonds. The lowest BCUT2D eigenvalue weighted by molar-refractivity contribution is 0.0691. The Balaban J connectivity index is 1.30. The average Bonchev–Trinajstić information content (AvgIpc) is 3.45. The van der Waals surface area contributed by atoms with E-state index in [9.17, 15) is 9.59 Å². The van der Waals surface area contributed by atoms with Crippen molar-refractivity contribution in [2.45, 2.75) is 18.9 Å². The van der Waals surface area contributed by atoms with Gasteiger partial charge in [0.2, 0.25) is 0 Å². The molecule has 0 aliphatic carbocycles. The highest BCUT2D eigenvalue weighted by atomic mass is 16.5. The monoisotopic (exact) mass is 541 g/mol. The highest BCUT2D eigenvalue weighted by Crippen LogP contribution is 2.32. The van der Waals surface area contributed by atoms with E-state index >= 15 is 0 Å². The summed E-state index contributed by atoms with van der Waals surface area (Å²) in [7, 11) is 1.57. The van der Waals surface area contributed by atoms with E-state index in [1.807, 2.05) is 40.0 Å². The topological polar surface area (TPSA) is 130 Å². The minimum absolute atomic E-state index is 0.00504. The van der Waals surface area contributed by atoms with Crippen LogP contribution in [-0.4, -0.2) is 88.0 Å². The number of amides is 3. The predicted molar refractivity (Wildman–Crippen MR) is 150 cm³/mol. The van der Waals surface area contributed by atoms with Crippen LogP contribution in [-0.2, 0) is 4.74 Å². The maximum Gasteiger partial charge on any atom is 0.318 e. The fraction of sp³-hybridized carbons (Fsp3) is 0.357. The molecule has 0 spiro atoms. The first-order chi connectivity index (χ1) is 19.6. The Morgan fingerprint density at radius 1 is 0.975 bits per heavy atom. The maximum atomic E-state index is 12.9. The lowest BCUT2D eigenvalue weighted by Gasteiger charge is -2.32. The number of nitrogens with zero attached hydrogens (tertiary/aromatic N) is 7. The van der Waals surface area contributed by atoms with Crippen LogP contribution in [0.5, 0.6) is 0 Å². The van der Waals surface area contributed by atoms with Gasteiger partial charge in [-0.2, -0.15) is 5.10 Å². The first-order valence-corrected chi connectivity index (χ1v) is 13.5. The summed E-state index contributed by atoms with van der Waals surface area (Å²) in [5, 5.41) is 11.0. The number of nitrogens with one attached hydrogen (secondary N) is 2. The van der Waals surface area contributed by atoms with Gasteiger partial charge in [-0.3, -0.25) is 9.78 Å². The zero-order chi connectivity index (χ0) is 27.5. The number of hydrogen-bond acceptors (Lipinski definition) is 8. The van der Waals surface area contributed by atoms with Gasteiger partial charge in [-0.25, -0.2) is 19.4 Å². The van der Waals surface area contributed by atoms with Gasteiger partial charge in [0.25, 0.3) is 5.91 Å². The average molecular weight is 542 g/mol. The molecular weight excluding hydrogens is 510 g/mol. The van der Waals surface area contributed by atoms with Crippen LogP contribution < -0.4 is 15.5 Å². The van der Waals surface area contributed by atoms with Gasteiger partial charge in [0.05, 0.1) is 36.4 Å². The number of aromatic nitrogens is 5. The minimum Gasteiger partial charge on any atom is -0.378 e. The smallest absolute Gasteiger partial charge is 0.318 e. The second-order valence-electron chi connectivity index (χ2n) is 9.84. The largest absolute Gasteiger partial charge is 0.378 e. The summed E-state index contributed by atoms with van der Waals surface area (Å²) in [5.41, 5.74) is 2.89. The molecular formula is C28H31N9O3. The zero-order valence-corrected chi connectivity index (χ0v) is 22.3. The Hall–Kier alpha value is -4.58. The van der Waals surface area contributed by atoms with E-state index in [1.54, 1.807) is 31.6 Å². The summed E-state index contributed by atoms with van der Waals surface area (Å²) in [4.78, 5) is 42.8. The summed E-state index contributed by atoms with van der Waals surface area (Å²) >= 11 is 0. The molecule has 206 valence electrons. The zero-order valence-electron chi connectivity index (χ0n) is 22.3. The summed E-state index contributed by atoms with van der Waals surface area (Å²) < 4.78 is 7.58. The molecule has 12 nitrogen and oxygen atoms in total. The predicted octanol–water partition coefficient (Wildman–Crippen LogP) is 2.95. The SMILES string of the molecule is CNC(=O)Nc1ccc(-c2nc(N3CCOCC3)c3cnn(C4CCN(C(=O)c5cccnc5)CC4)c3n2)cc1. The van der Waals surface area contributed by atoms with Crippen LogP contribution in [0.1, 0.15) is 29.2 Å². The van der Waals surface area contributed by atoms with Crippen molar-refractivity contribution < 1.29 is 14.3 Å². The summed E-state index contributed by atoms with van der Waals surface area (Å²) in [6, 6.07) is 10.9. The molecule has 0 unspecified atom stereocenters. The molecule has 12 heteroatoms. The third kappa shape index (κ3) is 5.17.